The largest absolute Gasteiger partial charge is 0.465 e. The highest BCUT2D eigenvalue weighted by molar-refractivity contribution is 9.09. The van der Waals surface area contributed by atoms with Crippen molar-refractivity contribution in [1.29, 1.82) is 0 Å². The molecule has 96 valence electrons. The lowest BCUT2D eigenvalue weighted by atomic mass is 10.2. The van der Waals surface area contributed by atoms with E-state index < -0.39 is 11.7 Å². The van der Waals surface area contributed by atoms with Crippen LogP contribution in [0.15, 0.2) is 30.3 Å². The predicted molar refractivity (Wildman–Crippen MR) is 76.3 cm³/mol. The maximum atomic E-state index is 10.1. The van der Waals surface area contributed by atoms with Crippen LogP contribution in [0.3, 0.4) is 0 Å². The first-order valence-electron chi connectivity index (χ1n) is 4.80. The van der Waals surface area contributed by atoms with Gasteiger partial charge in [0.15, 0.2) is 0 Å². The first-order chi connectivity index (χ1) is 7.91. The van der Waals surface area contributed by atoms with Gasteiger partial charge in [-0.05, 0) is 19.1 Å². The molecular formula is C11H15Br2NO3. The fraction of sp³-hybridized carbons (Fsp3) is 0.364. The summed E-state index contributed by atoms with van der Waals surface area (Å²) in [6.45, 7) is 1.76. The zero-order valence-corrected chi connectivity index (χ0v) is 12.5. The van der Waals surface area contributed by atoms with Gasteiger partial charge in [-0.1, -0.05) is 50.1 Å². The lowest BCUT2D eigenvalue weighted by Gasteiger charge is -2.14. The van der Waals surface area contributed by atoms with Crippen LogP contribution in [-0.2, 0) is 0 Å². The van der Waals surface area contributed by atoms with Crippen LogP contribution in [0, 0.1) is 0 Å². The lowest BCUT2D eigenvalue weighted by molar-refractivity contribution is 0.115. The maximum Gasteiger partial charge on any atom is 0.409 e. The summed E-state index contributed by atoms with van der Waals surface area (Å²) in [4.78, 5) is 10.1. The summed E-state index contributed by atoms with van der Waals surface area (Å²) >= 11 is 6.30. The van der Waals surface area contributed by atoms with Gasteiger partial charge in [0, 0.05) is 16.3 Å². The number of halogens is 2. The molecule has 0 radical (unpaired) electrons. The molecule has 0 fully saturated rings. The second-order valence-corrected chi connectivity index (χ2v) is 4.68. The number of aliphatic hydroxyl groups is 1. The highest BCUT2D eigenvalue weighted by atomic mass is 79.9. The van der Waals surface area contributed by atoms with E-state index in [9.17, 15) is 4.79 Å². The number of carbonyl (C=O) groups is 1. The number of hydrogen-bond acceptors (Lipinski definition) is 2. The average Bonchev–Trinajstić information content (AvgIpc) is 2.30. The number of anilines is 1. The van der Waals surface area contributed by atoms with E-state index in [1.54, 1.807) is 31.2 Å². The highest BCUT2D eigenvalue weighted by Crippen LogP contribution is 2.09. The minimum atomic E-state index is -1.04. The number of nitrogens with one attached hydrogen (secondary N) is 1. The Morgan fingerprint density at radius 3 is 2.06 bits per heavy atom. The van der Waals surface area contributed by atoms with Gasteiger partial charge in [-0.15, -0.1) is 0 Å². The van der Waals surface area contributed by atoms with Crippen LogP contribution in [-0.4, -0.2) is 32.6 Å². The van der Waals surface area contributed by atoms with Crippen molar-refractivity contribution in [2.24, 2.45) is 0 Å². The van der Waals surface area contributed by atoms with Crippen molar-refractivity contribution in [2.45, 2.75) is 12.5 Å². The zero-order chi connectivity index (χ0) is 13.3. The van der Waals surface area contributed by atoms with Crippen LogP contribution in [0.5, 0.6) is 0 Å². The Labute approximate surface area is 117 Å². The number of para-hydroxylation sites is 1. The standard InChI is InChI=1S/C7H7NO2.C4H8Br2O/c9-7(10)8-6-4-2-1-3-5-6;1-4(7,2-5)3-6/h1-5,8H,(H,9,10);7H,2-3H2,1H3. The fourth-order valence-electron chi connectivity index (χ4n) is 0.681. The van der Waals surface area contributed by atoms with Crippen LogP contribution >= 0.6 is 31.9 Å². The molecule has 17 heavy (non-hydrogen) atoms. The Kier molecular flexibility index (Phi) is 8.20. The predicted octanol–water partition coefficient (Wildman–Crippen LogP) is 3.30. The number of carboxylic acid groups (broad SMARTS) is 1. The molecule has 0 bridgehead atoms. The Bertz CT molecular complexity index is 325. The Morgan fingerprint density at radius 1 is 1.29 bits per heavy atom. The van der Waals surface area contributed by atoms with Crippen molar-refractivity contribution in [3.63, 3.8) is 0 Å². The van der Waals surface area contributed by atoms with Gasteiger partial charge in [0.2, 0.25) is 0 Å². The molecule has 0 aromatic heterocycles. The smallest absolute Gasteiger partial charge is 0.409 e. The van der Waals surface area contributed by atoms with Gasteiger partial charge in [0.25, 0.3) is 0 Å². The van der Waals surface area contributed by atoms with Gasteiger partial charge in [-0.25, -0.2) is 4.79 Å². The lowest BCUT2D eigenvalue weighted by Crippen LogP contribution is -2.27. The van der Waals surface area contributed by atoms with E-state index >= 15 is 0 Å². The third-order valence-corrected chi connectivity index (χ3v) is 4.02. The minimum absolute atomic E-state index is 0.583. The fourth-order valence-corrected chi connectivity index (χ4v) is 1.61. The Morgan fingerprint density at radius 2 is 1.76 bits per heavy atom. The van der Waals surface area contributed by atoms with Crippen molar-refractivity contribution in [3.05, 3.63) is 30.3 Å². The molecule has 0 aliphatic carbocycles. The normalized spacial score (nSPS) is 10.1. The van der Waals surface area contributed by atoms with Crippen LogP contribution in [0.25, 0.3) is 0 Å². The first-order valence-corrected chi connectivity index (χ1v) is 7.05. The molecule has 1 aromatic carbocycles. The molecule has 0 spiro atoms. The second-order valence-electron chi connectivity index (χ2n) is 3.56. The van der Waals surface area contributed by atoms with E-state index in [4.69, 9.17) is 10.2 Å². The topological polar surface area (TPSA) is 69.6 Å². The SMILES string of the molecule is CC(O)(CBr)CBr.O=C(O)Nc1ccccc1. The molecule has 0 unspecified atom stereocenters. The van der Waals surface area contributed by atoms with E-state index in [2.05, 4.69) is 37.2 Å². The molecule has 3 N–H and O–H groups in total. The zero-order valence-electron chi connectivity index (χ0n) is 9.36. The van der Waals surface area contributed by atoms with Gasteiger partial charge in [-0.3, -0.25) is 5.32 Å². The monoisotopic (exact) mass is 367 g/mol. The van der Waals surface area contributed by atoms with Crippen molar-refractivity contribution in [3.8, 4) is 0 Å². The van der Waals surface area contributed by atoms with Crippen molar-refractivity contribution < 1.29 is 15.0 Å². The summed E-state index contributed by atoms with van der Waals surface area (Å²) < 4.78 is 0. The number of rotatable bonds is 3. The van der Waals surface area contributed by atoms with Gasteiger partial charge >= 0.3 is 6.09 Å². The summed E-state index contributed by atoms with van der Waals surface area (Å²) in [5.41, 5.74) is 0.00926. The van der Waals surface area contributed by atoms with E-state index in [0.717, 1.165) is 0 Å². The summed E-state index contributed by atoms with van der Waals surface area (Å²) in [6.07, 6.45) is -1.04. The Balaban J connectivity index is 0.000000325. The molecule has 1 rings (SSSR count). The molecule has 0 saturated carbocycles. The maximum absolute atomic E-state index is 10.1. The second kappa shape index (κ2) is 8.49. The van der Waals surface area contributed by atoms with Crippen molar-refractivity contribution in [2.75, 3.05) is 16.0 Å². The van der Waals surface area contributed by atoms with Gasteiger partial charge < -0.3 is 10.2 Å². The van der Waals surface area contributed by atoms with E-state index in [1.165, 1.54) is 0 Å². The van der Waals surface area contributed by atoms with E-state index in [0.29, 0.717) is 16.3 Å². The molecular weight excluding hydrogens is 354 g/mol. The van der Waals surface area contributed by atoms with Crippen molar-refractivity contribution in [1.82, 2.24) is 0 Å². The molecule has 0 aliphatic heterocycles. The number of alkyl halides is 2. The summed E-state index contributed by atoms with van der Waals surface area (Å²) in [5.74, 6) is 0. The van der Waals surface area contributed by atoms with Crippen LogP contribution in [0.2, 0.25) is 0 Å². The number of amides is 1. The molecule has 0 aliphatic rings. The number of benzene rings is 1. The first kappa shape index (κ1) is 16.4. The van der Waals surface area contributed by atoms with Gasteiger partial charge in [-0.2, -0.15) is 0 Å². The summed E-state index contributed by atoms with van der Waals surface area (Å²) in [5, 5.41) is 20.7. The van der Waals surface area contributed by atoms with Gasteiger partial charge in [0.1, 0.15) is 0 Å². The molecule has 4 nitrogen and oxygen atoms in total. The summed E-state index contributed by atoms with van der Waals surface area (Å²) in [7, 11) is 0. The highest BCUT2D eigenvalue weighted by Gasteiger charge is 2.14. The third-order valence-electron chi connectivity index (χ3n) is 1.60. The van der Waals surface area contributed by atoms with Crippen LogP contribution < -0.4 is 5.32 Å². The van der Waals surface area contributed by atoms with Gasteiger partial charge in [0.05, 0.1) is 5.60 Å². The molecule has 1 amide bonds. The van der Waals surface area contributed by atoms with E-state index in [-0.39, 0.29) is 0 Å². The third kappa shape index (κ3) is 9.14. The van der Waals surface area contributed by atoms with Crippen LogP contribution in [0.4, 0.5) is 10.5 Å². The minimum Gasteiger partial charge on any atom is -0.465 e. The molecule has 0 saturated heterocycles. The quantitative estimate of drug-likeness (QED) is 0.717. The molecule has 1 aromatic rings. The Hall–Kier alpha value is -0.590. The molecule has 0 heterocycles. The molecule has 6 heteroatoms. The van der Waals surface area contributed by atoms with Crippen LogP contribution in [0.1, 0.15) is 6.92 Å². The van der Waals surface area contributed by atoms with Crippen molar-refractivity contribution >= 4 is 43.6 Å². The van der Waals surface area contributed by atoms with E-state index in [1.807, 2.05) is 6.07 Å². The average molecular weight is 369 g/mol. The number of hydrogen-bond donors (Lipinski definition) is 3. The summed E-state index contributed by atoms with van der Waals surface area (Å²) in [6, 6.07) is 8.74. The molecule has 0 atom stereocenters.